The van der Waals surface area contributed by atoms with Gasteiger partial charge in [-0.05, 0) is 74.9 Å². The fourth-order valence-corrected chi connectivity index (χ4v) is 5.10. The number of rotatable bonds is 15. The summed E-state index contributed by atoms with van der Waals surface area (Å²) in [7, 11) is 1.91. The van der Waals surface area contributed by atoms with Crippen LogP contribution in [0.1, 0.15) is 74.6 Å². The van der Waals surface area contributed by atoms with Crippen molar-refractivity contribution in [1.82, 2.24) is 19.9 Å². The highest BCUT2D eigenvalue weighted by Crippen LogP contribution is 2.23. The second-order valence-corrected chi connectivity index (χ2v) is 11.1. The van der Waals surface area contributed by atoms with E-state index < -0.39 is 12.1 Å². The van der Waals surface area contributed by atoms with Gasteiger partial charge in [-0.2, -0.15) is 0 Å². The lowest BCUT2D eigenvalue weighted by molar-refractivity contribution is -0.143. The quantitative estimate of drug-likeness (QED) is 0.0601. The molecule has 1 unspecified atom stereocenters. The molecule has 0 aliphatic rings. The number of esters is 1. The number of imidazole rings is 1. The van der Waals surface area contributed by atoms with Crippen LogP contribution < -0.4 is 15.5 Å². The Morgan fingerprint density at radius 1 is 0.979 bits per heavy atom. The first-order chi connectivity index (χ1) is 22.7. The number of nitrogens with one attached hydrogen (secondary N) is 3. The highest BCUT2D eigenvalue weighted by molar-refractivity contribution is 6.08. The van der Waals surface area contributed by atoms with Crippen molar-refractivity contribution in [1.29, 1.82) is 5.41 Å². The zero-order chi connectivity index (χ0) is 33.8. The Labute approximate surface area is 275 Å². The number of unbranched alkanes of at least 4 members (excludes halogenated alkanes) is 3. The van der Waals surface area contributed by atoms with E-state index in [1.54, 1.807) is 62.5 Å². The van der Waals surface area contributed by atoms with Gasteiger partial charge in [-0.1, -0.05) is 32.3 Å². The van der Waals surface area contributed by atoms with Crippen LogP contribution in [0.2, 0.25) is 0 Å². The van der Waals surface area contributed by atoms with Crippen LogP contribution in [0.3, 0.4) is 0 Å². The maximum atomic E-state index is 13.8. The Morgan fingerprint density at radius 3 is 2.45 bits per heavy atom. The van der Waals surface area contributed by atoms with Crippen LogP contribution in [-0.4, -0.2) is 57.6 Å². The Balaban J connectivity index is 1.41. The molecule has 248 valence electrons. The molecule has 12 heteroatoms. The lowest BCUT2D eigenvalue weighted by Gasteiger charge is -2.28. The predicted octanol–water partition coefficient (Wildman–Crippen LogP) is 6.20. The van der Waals surface area contributed by atoms with Crippen molar-refractivity contribution in [2.45, 2.75) is 65.5 Å². The minimum absolute atomic E-state index is 0.0299. The average Bonchev–Trinajstić information content (AvgIpc) is 3.38. The molecule has 4 rings (SSSR count). The van der Waals surface area contributed by atoms with E-state index in [4.69, 9.17) is 19.9 Å². The van der Waals surface area contributed by atoms with E-state index in [0.717, 1.165) is 42.7 Å². The zero-order valence-electron chi connectivity index (χ0n) is 27.4. The monoisotopic (exact) mass is 641 g/mol. The number of hydrogen-bond acceptors (Lipinski definition) is 9. The number of anilines is 2. The maximum absolute atomic E-state index is 13.8. The maximum Gasteiger partial charge on any atom is 0.412 e. The Morgan fingerprint density at radius 2 is 1.74 bits per heavy atom. The summed E-state index contributed by atoms with van der Waals surface area (Å²) in [6.07, 6.45) is 5.04. The molecule has 0 bridgehead atoms. The molecule has 0 fully saturated rings. The number of carbonyl (C=O) groups is 3. The van der Waals surface area contributed by atoms with Gasteiger partial charge in [-0.3, -0.25) is 25.2 Å². The number of aromatic nitrogens is 3. The molecule has 0 aliphatic heterocycles. The smallest absolute Gasteiger partial charge is 0.412 e. The summed E-state index contributed by atoms with van der Waals surface area (Å²) in [5.41, 5.74) is 3.29. The Kier molecular flexibility index (Phi) is 12.4. The summed E-state index contributed by atoms with van der Waals surface area (Å²) in [4.78, 5) is 48.7. The van der Waals surface area contributed by atoms with Crippen molar-refractivity contribution < 1.29 is 23.9 Å². The van der Waals surface area contributed by atoms with Gasteiger partial charge in [0.1, 0.15) is 17.5 Å². The third kappa shape index (κ3) is 9.38. The number of ether oxygens (including phenoxy) is 2. The number of carbonyl (C=O) groups excluding carboxylic acids is 3. The molecule has 47 heavy (non-hydrogen) atoms. The van der Waals surface area contributed by atoms with Crippen molar-refractivity contribution in [3.05, 3.63) is 83.8 Å². The molecule has 2 aromatic heterocycles. The van der Waals surface area contributed by atoms with Gasteiger partial charge in [0.25, 0.3) is 5.91 Å². The fraction of sp³-hybridized carbons (Fsp3) is 0.371. The molecular weight excluding hydrogens is 598 g/mol. The molecule has 0 aliphatic carbocycles. The molecule has 12 nitrogen and oxygen atoms in total. The van der Waals surface area contributed by atoms with Gasteiger partial charge in [0.05, 0.1) is 37.2 Å². The molecule has 2 heterocycles. The summed E-state index contributed by atoms with van der Waals surface area (Å²) in [5.74, 6) is 0.474. The minimum Gasteiger partial charge on any atom is -0.466 e. The van der Waals surface area contributed by atoms with E-state index in [2.05, 4.69) is 22.5 Å². The van der Waals surface area contributed by atoms with E-state index in [1.807, 2.05) is 29.8 Å². The Hall–Kier alpha value is -5.26. The van der Waals surface area contributed by atoms with Crippen molar-refractivity contribution in [3.8, 4) is 0 Å². The number of amides is 2. The van der Waals surface area contributed by atoms with Crippen LogP contribution in [0.15, 0.2) is 66.9 Å². The number of fused-ring (bicyclic) bond motifs is 1. The van der Waals surface area contributed by atoms with Crippen LogP contribution in [0.5, 0.6) is 0 Å². The van der Waals surface area contributed by atoms with Gasteiger partial charge >= 0.3 is 12.1 Å². The first-order valence-electron chi connectivity index (χ1n) is 15.9. The zero-order valence-corrected chi connectivity index (χ0v) is 27.4. The molecule has 0 radical (unpaired) electrons. The first-order valence-corrected chi connectivity index (χ1v) is 15.9. The van der Waals surface area contributed by atoms with Crippen LogP contribution in [0, 0.1) is 5.41 Å². The van der Waals surface area contributed by atoms with E-state index in [0.29, 0.717) is 35.6 Å². The number of pyridine rings is 1. The molecular formula is C35H43N7O5. The molecule has 0 spiro atoms. The van der Waals surface area contributed by atoms with E-state index in [1.165, 1.54) is 4.90 Å². The van der Waals surface area contributed by atoms with Crippen molar-refractivity contribution in [3.63, 3.8) is 0 Å². The predicted molar refractivity (Wildman–Crippen MR) is 182 cm³/mol. The van der Waals surface area contributed by atoms with E-state index >= 15 is 0 Å². The lowest BCUT2D eigenvalue weighted by Crippen LogP contribution is -2.40. The molecule has 4 aromatic rings. The number of alkyl carbamates (subject to hydrolysis) is 1. The van der Waals surface area contributed by atoms with E-state index in [-0.39, 0.29) is 30.7 Å². The van der Waals surface area contributed by atoms with Crippen molar-refractivity contribution in [2.24, 2.45) is 7.05 Å². The van der Waals surface area contributed by atoms with Crippen LogP contribution >= 0.6 is 0 Å². The summed E-state index contributed by atoms with van der Waals surface area (Å²) in [6.45, 7) is 6.67. The molecule has 2 aromatic carbocycles. The van der Waals surface area contributed by atoms with Crippen LogP contribution in [0.4, 0.5) is 16.3 Å². The topological polar surface area (TPSA) is 152 Å². The summed E-state index contributed by atoms with van der Waals surface area (Å²) in [6, 6.07) is 17.3. The highest BCUT2D eigenvalue weighted by atomic mass is 16.5. The van der Waals surface area contributed by atoms with Crippen molar-refractivity contribution >= 4 is 46.3 Å². The first kappa shape index (κ1) is 34.6. The number of hydrogen-bond donors (Lipinski definition) is 3. The summed E-state index contributed by atoms with van der Waals surface area (Å²) >= 11 is 0. The molecule has 0 saturated carbocycles. The van der Waals surface area contributed by atoms with Crippen LogP contribution in [-0.2, 0) is 27.9 Å². The van der Waals surface area contributed by atoms with Gasteiger partial charge in [0, 0.05) is 36.1 Å². The van der Waals surface area contributed by atoms with Crippen LogP contribution in [0.25, 0.3) is 11.0 Å². The molecule has 1 atom stereocenters. The van der Waals surface area contributed by atoms with Gasteiger partial charge < -0.3 is 19.4 Å². The minimum atomic E-state index is -0.629. The number of nitrogens with zero attached hydrogens (tertiary/aromatic N) is 4. The Bertz CT molecular complexity index is 1670. The number of aryl methyl sites for hydroxylation is 1. The largest absolute Gasteiger partial charge is 0.466 e. The lowest BCUT2D eigenvalue weighted by atomic mass is 10.1. The highest BCUT2D eigenvalue weighted by Gasteiger charge is 2.27. The normalized spacial score (nSPS) is 11.5. The standard InChI is InChI=1S/C35H43N7O5/c1-5-7-8-11-20-47-35(45)40-33(36)25-13-16-27(17-14-25)38-23-31-39-28-22-26(15-18-29(28)41(31)4)34(44)42(30-12-9-10-19-37-30)24(3)21-32(43)46-6-2/h9-10,12-19,22,24,38H,5-8,11,20-21,23H2,1-4H3,(H2,36,40,45). The van der Waals surface area contributed by atoms with Gasteiger partial charge in [-0.25, -0.2) is 14.8 Å². The second kappa shape index (κ2) is 16.9. The summed E-state index contributed by atoms with van der Waals surface area (Å²) in [5, 5.41) is 14.0. The molecule has 2 amide bonds. The third-order valence-corrected chi connectivity index (χ3v) is 7.63. The van der Waals surface area contributed by atoms with Gasteiger partial charge in [0.2, 0.25) is 0 Å². The number of benzene rings is 2. The molecule has 3 N–H and O–H groups in total. The summed E-state index contributed by atoms with van der Waals surface area (Å²) < 4.78 is 12.2. The number of amidine groups is 1. The molecule has 0 saturated heterocycles. The second-order valence-electron chi connectivity index (χ2n) is 11.1. The van der Waals surface area contributed by atoms with Gasteiger partial charge in [0.15, 0.2) is 0 Å². The average molecular weight is 642 g/mol. The van der Waals surface area contributed by atoms with Crippen molar-refractivity contribution in [2.75, 3.05) is 23.4 Å². The van der Waals surface area contributed by atoms with Gasteiger partial charge in [-0.15, -0.1) is 0 Å². The third-order valence-electron chi connectivity index (χ3n) is 7.63. The SMILES string of the molecule is CCCCCCOC(=O)NC(=N)c1ccc(NCc2nc3cc(C(=O)N(c4ccccn4)C(C)CC(=O)OCC)ccc3n2C)cc1. The fourth-order valence-electron chi connectivity index (χ4n) is 5.10. The van der Waals surface area contributed by atoms with E-state index in [9.17, 15) is 14.4 Å².